The predicted molar refractivity (Wildman–Crippen MR) is 127 cm³/mol. The van der Waals surface area contributed by atoms with Crippen LogP contribution < -0.4 is 0 Å². The Balaban J connectivity index is 1.83. The predicted octanol–water partition coefficient (Wildman–Crippen LogP) is 6.08. The van der Waals surface area contributed by atoms with Crippen LogP contribution in [0.1, 0.15) is 59.8 Å². The number of carbonyl (C=O) groups is 2. The van der Waals surface area contributed by atoms with Crippen molar-refractivity contribution < 1.29 is 23.1 Å². The Kier molecular flexibility index (Phi) is 6.41. The molecule has 32 heavy (non-hydrogen) atoms. The first-order chi connectivity index (χ1) is 15.1. The van der Waals surface area contributed by atoms with E-state index in [1.807, 2.05) is 18.7 Å². The van der Waals surface area contributed by atoms with Crippen LogP contribution >= 0.6 is 23.5 Å². The quantitative estimate of drug-likeness (QED) is 0.338. The zero-order valence-electron chi connectivity index (χ0n) is 19.4. The van der Waals surface area contributed by atoms with Crippen molar-refractivity contribution in [3.05, 3.63) is 23.8 Å². The Bertz CT molecular complexity index is 860. The number of ketones is 1. The van der Waals surface area contributed by atoms with E-state index >= 15 is 4.39 Å². The molecule has 7 atom stereocenters. The highest BCUT2D eigenvalue weighted by Crippen LogP contribution is 2.74. The first kappa shape index (κ1) is 24.3. The molecular formula is C25H34F2O3S2. The van der Waals surface area contributed by atoms with Crippen LogP contribution in [0.3, 0.4) is 0 Å². The molecular weight excluding hydrogens is 450 g/mol. The van der Waals surface area contributed by atoms with Crippen LogP contribution in [0.2, 0.25) is 0 Å². The smallest absolute Gasteiger partial charge is 0.303 e. The summed E-state index contributed by atoms with van der Waals surface area (Å²) >= 11 is 3.53. The molecule has 3 fully saturated rings. The highest BCUT2D eigenvalue weighted by atomic mass is 32.2. The molecule has 178 valence electrons. The molecule has 0 aromatic heterocycles. The maximum Gasteiger partial charge on any atom is 0.303 e. The lowest BCUT2D eigenvalue weighted by atomic mass is 9.46. The van der Waals surface area contributed by atoms with Gasteiger partial charge in [0.15, 0.2) is 11.5 Å². The summed E-state index contributed by atoms with van der Waals surface area (Å²) in [5.74, 6) is 0.582. The highest BCUT2D eigenvalue weighted by molar-refractivity contribution is 8.18. The van der Waals surface area contributed by atoms with Crippen molar-refractivity contribution in [2.75, 3.05) is 18.2 Å². The van der Waals surface area contributed by atoms with Gasteiger partial charge in [0.05, 0.1) is 10.8 Å². The second kappa shape index (κ2) is 8.44. The topological polar surface area (TPSA) is 43.4 Å². The fourth-order valence-electron chi connectivity index (χ4n) is 7.40. The number of hydrogen-bond donors (Lipinski definition) is 0. The summed E-state index contributed by atoms with van der Waals surface area (Å²) in [6, 6.07) is 0. The SMILES string of the molecule is CCS[C@]1(SCCF)CC[C@H]2[C@@H]3CCC4=CC(=O)C=C[C@]4(C)C3(F)[C@@H](OC(C)=O)C[C@@]21C. The lowest BCUT2D eigenvalue weighted by Crippen LogP contribution is -2.68. The molecule has 0 saturated heterocycles. The van der Waals surface area contributed by atoms with Crippen molar-refractivity contribution in [1.29, 1.82) is 0 Å². The van der Waals surface area contributed by atoms with Crippen molar-refractivity contribution in [2.24, 2.45) is 22.7 Å². The average molecular weight is 485 g/mol. The molecule has 3 saturated carbocycles. The number of allylic oxidation sites excluding steroid dienone is 4. The van der Waals surface area contributed by atoms with E-state index in [0.29, 0.717) is 25.0 Å². The number of carbonyl (C=O) groups excluding carboxylic acids is 2. The largest absolute Gasteiger partial charge is 0.459 e. The molecule has 0 N–H and O–H groups in total. The van der Waals surface area contributed by atoms with Crippen LogP contribution in [-0.2, 0) is 14.3 Å². The maximum atomic E-state index is 17.6. The first-order valence-corrected chi connectivity index (χ1v) is 13.7. The fraction of sp³-hybridized carbons (Fsp3) is 0.760. The van der Waals surface area contributed by atoms with Crippen LogP contribution in [0, 0.1) is 22.7 Å². The fourth-order valence-corrected chi connectivity index (χ4v) is 10.9. The van der Waals surface area contributed by atoms with Gasteiger partial charge in [-0.3, -0.25) is 14.0 Å². The molecule has 0 heterocycles. The van der Waals surface area contributed by atoms with Crippen molar-refractivity contribution in [1.82, 2.24) is 0 Å². The van der Waals surface area contributed by atoms with E-state index in [2.05, 4.69) is 13.8 Å². The van der Waals surface area contributed by atoms with Gasteiger partial charge in [-0.2, -0.15) is 0 Å². The van der Waals surface area contributed by atoms with Crippen LogP contribution in [0.25, 0.3) is 0 Å². The third kappa shape index (κ3) is 3.27. The summed E-state index contributed by atoms with van der Waals surface area (Å²) < 4.78 is 36.5. The molecule has 0 aliphatic heterocycles. The maximum absolute atomic E-state index is 17.6. The van der Waals surface area contributed by atoms with E-state index in [1.165, 1.54) is 13.0 Å². The second-order valence-electron chi connectivity index (χ2n) is 10.1. The van der Waals surface area contributed by atoms with Gasteiger partial charge >= 0.3 is 5.97 Å². The van der Waals surface area contributed by atoms with Gasteiger partial charge < -0.3 is 4.74 Å². The van der Waals surface area contributed by atoms with E-state index in [9.17, 15) is 14.0 Å². The molecule has 4 aliphatic rings. The van der Waals surface area contributed by atoms with Gasteiger partial charge in [-0.15, -0.1) is 23.5 Å². The lowest BCUT2D eigenvalue weighted by molar-refractivity contribution is -0.209. The van der Waals surface area contributed by atoms with Gasteiger partial charge in [-0.25, -0.2) is 4.39 Å². The number of fused-ring (bicyclic) bond motifs is 5. The standard InChI is InChI=1S/C25H34F2O3S2/c1-5-31-24(32-13-12-26)11-9-19-20-7-6-17-14-18(29)8-10-22(17,3)25(20,27)21(30-16(2)28)15-23(19,24)4/h8,10,14,19-21H,5-7,9,11-13,15H2,1-4H3/t19-,20-,21-,22-,23-,24-,25?/m0/s1. The Labute approximate surface area is 198 Å². The monoisotopic (exact) mass is 484 g/mol. The van der Waals surface area contributed by atoms with E-state index < -0.39 is 23.2 Å². The number of esters is 1. The van der Waals surface area contributed by atoms with Crippen molar-refractivity contribution >= 4 is 35.3 Å². The third-order valence-electron chi connectivity index (χ3n) is 8.76. The van der Waals surface area contributed by atoms with Crippen LogP contribution in [0.15, 0.2) is 23.8 Å². The van der Waals surface area contributed by atoms with Gasteiger partial charge in [0.2, 0.25) is 0 Å². The van der Waals surface area contributed by atoms with Gasteiger partial charge in [0, 0.05) is 24.0 Å². The summed E-state index contributed by atoms with van der Waals surface area (Å²) in [7, 11) is 0. The first-order valence-electron chi connectivity index (χ1n) is 11.7. The Hall–Kier alpha value is -0.820. The molecule has 0 radical (unpaired) electrons. The Morgan fingerprint density at radius 2 is 2.00 bits per heavy atom. The van der Waals surface area contributed by atoms with Crippen molar-refractivity contribution in [2.45, 2.75) is 75.7 Å². The minimum Gasteiger partial charge on any atom is -0.459 e. The van der Waals surface area contributed by atoms with Crippen molar-refractivity contribution in [3.8, 4) is 0 Å². The molecule has 4 aliphatic carbocycles. The molecule has 0 aromatic rings. The summed E-state index contributed by atoms with van der Waals surface area (Å²) in [6.45, 7) is 7.17. The van der Waals surface area contributed by atoms with Crippen molar-refractivity contribution in [3.63, 3.8) is 0 Å². The summed E-state index contributed by atoms with van der Waals surface area (Å²) in [5.41, 5.74) is -2.22. The number of ether oxygens (including phenoxy) is 1. The van der Waals surface area contributed by atoms with Crippen LogP contribution in [0.5, 0.6) is 0 Å². The summed E-state index contributed by atoms with van der Waals surface area (Å²) in [5, 5.41) is 0. The molecule has 4 rings (SSSR count). The number of thioether (sulfide) groups is 2. The second-order valence-corrected chi connectivity index (χ2v) is 13.3. The molecule has 7 heteroatoms. The zero-order valence-corrected chi connectivity index (χ0v) is 21.1. The van der Waals surface area contributed by atoms with Gasteiger partial charge in [-0.05, 0) is 68.3 Å². The molecule has 0 spiro atoms. The minimum absolute atomic E-state index is 0.105. The average Bonchev–Trinajstić information content (AvgIpc) is 3.00. The number of rotatable bonds is 6. The number of halogens is 2. The molecule has 1 unspecified atom stereocenters. The third-order valence-corrected chi connectivity index (χ3v) is 12.4. The summed E-state index contributed by atoms with van der Waals surface area (Å²) in [4.78, 5) is 24.2. The zero-order chi connectivity index (χ0) is 23.4. The van der Waals surface area contributed by atoms with Gasteiger partial charge in [0.25, 0.3) is 0 Å². The van der Waals surface area contributed by atoms with E-state index in [-0.39, 0.29) is 33.8 Å². The number of alkyl halides is 2. The summed E-state index contributed by atoms with van der Waals surface area (Å²) in [6.07, 6.45) is 7.39. The normalized spacial score (nSPS) is 45.0. The van der Waals surface area contributed by atoms with E-state index in [1.54, 1.807) is 23.9 Å². The van der Waals surface area contributed by atoms with Gasteiger partial charge in [0.1, 0.15) is 6.10 Å². The molecule has 3 nitrogen and oxygen atoms in total. The van der Waals surface area contributed by atoms with Gasteiger partial charge in [-0.1, -0.05) is 25.5 Å². The number of hydrogen-bond acceptors (Lipinski definition) is 5. The highest BCUT2D eigenvalue weighted by Gasteiger charge is 2.74. The van der Waals surface area contributed by atoms with E-state index in [4.69, 9.17) is 4.74 Å². The molecule has 0 aromatic carbocycles. The molecule has 0 amide bonds. The minimum atomic E-state index is -1.78. The lowest BCUT2D eigenvalue weighted by Gasteiger charge is -2.63. The van der Waals surface area contributed by atoms with E-state index in [0.717, 1.165) is 24.2 Å². The van der Waals surface area contributed by atoms with Crippen LogP contribution in [0.4, 0.5) is 8.78 Å². The van der Waals surface area contributed by atoms with Crippen LogP contribution in [-0.4, -0.2) is 45.8 Å². The molecule has 0 bridgehead atoms. The Morgan fingerprint density at radius 3 is 2.66 bits per heavy atom. The Morgan fingerprint density at radius 1 is 1.25 bits per heavy atom.